The minimum absolute atomic E-state index is 0.240. The lowest BCUT2D eigenvalue weighted by Gasteiger charge is -2.12. The number of aryl methyl sites for hydroxylation is 1. The molecule has 0 saturated carbocycles. The summed E-state index contributed by atoms with van der Waals surface area (Å²) in [5, 5.41) is 0.669. The number of thiophene rings is 1. The van der Waals surface area contributed by atoms with Gasteiger partial charge in [-0.2, -0.15) is 0 Å². The van der Waals surface area contributed by atoms with Crippen molar-refractivity contribution in [3.63, 3.8) is 0 Å². The lowest BCUT2D eigenvalue weighted by molar-refractivity contribution is 0.892. The van der Waals surface area contributed by atoms with Crippen molar-refractivity contribution in [1.29, 1.82) is 0 Å². The smallest absolute Gasteiger partial charge is 0.0961 e. The monoisotopic (exact) mass is 349 g/mol. The number of rotatable bonds is 2. The van der Waals surface area contributed by atoms with E-state index in [0.29, 0.717) is 5.02 Å². The van der Waals surface area contributed by atoms with Gasteiger partial charge in [-0.3, -0.25) is 0 Å². The molecule has 1 nitrogen and oxygen atoms in total. The van der Waals surface area contributed by atoms with E-state index in [1.54, 1.807) is 0 Å². The first kappa shape index (κ1) is 13.4. The number of halogens is 3. The summed E-state index contributed by atoms with van der Waals surface area (Å²) in [5.41, 5.74) is 8.17. The van der Waals surface area contributed by atoms with Crippen LogP contribution in [-0.2, 0) is 0 Å². The Hall–Kier alpha value is -0.0600. The van der Waals surface area contributed by atoms with Gasteiger partial charge in [-0.25, -0.2) is 0 Å². The van der Waals surface area contributed by atoms with Crippen LogP contribution in [0.3, 0.4) is 0 Å². The molecule has 1 heterocycles. The van der Waals surface area contributed by atoms with Gasteiger partial charge < -0.3 is 5.73 Å². The van der Waals surface area contributed by atoms with Crippen molar-refractivity contribution in [3.05, 3.63) is 54.1 Å². The lowest BCUT2D eigenvalue weighted by atomic mass is 10.1. The highest BCUT2D eigenvalue weighted by molar-refractivity contribution is 9.10. The summed E-state index contributed by atoms with van der Waals surface area (Å²) in [6.45, 7) is 1.97. The fourth-order valence-electron chi connectivity index (χ4n) is 1.54. The van der Waals surface area contributed by atoms with Crippen LogP contribution in [0.1, 0.15) is 22.0 Å². The average Bonchev–Trinajstić information content (AvgIpc) is 2.62. The number of hydrogen-bond acceptors (Lipinski definition) is 2. The minimum Gasteiger partial charge on any atom is -0.320 e. The van der Waals surface area contributed by atoms with Crippen molar-refractivity contribution in [2.24, 2.45) is 5.73 Å². The predicted octanol–water partition coefficient (Wildman–Crippen LogP) is 5.17. The Bertz CT molecular complexity index is 534. The van der Waals surface area contributed by atoms with Crippen LogP contribution in [-0.4, -0.2) is 0 Å². The zero-order valence-electron chi connectivity index (χ0n) is 9.01. The topological polar surface area (TPSA) is 26.0 Å². The molecular weight excluding hydrogens is 341 g/mol. The number of hydrogen-bond donors (Lipinski definition) is 1. The molecule has 2 aromatic rings. The minimum atomic E-state index is -0.240. The molecule has 1 atom stereocenters. The highest BCUT2D eigenvalue weighted by atomic mass is 79.9. The molecule has 1 aromatic heterocycles. The van der Waals surface area contributed by atoms with Crippen LogP contribution in [0.2, 0.25) is 9.36 Å². The maximum Gasteiger partial charge on any atom is 0.0961 e. The molecule has 0 aliphatic carbocycles. The average molecular weight is 351 g/mol. The van der Waals surface area contributed by atoms with Gasteiger partial charge in [0.25, 0.3) is 0 Å². The largest absolute Gasteiger partial charge is 0.320 e. The second kappa shape index (κ2) is 5.29. The van der Waals surface area contributed by atoms with Crippen molar-refractivity contribution in [3.8, 4) is 0 Å². The summed E-state index contributed by atoms with van der Waals surface area (Å²) >= 11 is 17.1. The van der Waals surface area contributed by atoms with Gasteiger partial charge in [0.05, 0.1) is 10.4 Å². The first-order valence-electron chi connectivity index (χ1n) is 4.95. The Morgan fingerprint density at radius 3 is 2.59 bits per heavy atom. The van der Waals surface area contributed by atoms with Crippen LogP contribution >= 0.6 is 50.5 Å². The molecule has 2 rings (SSSR count). The summed E-state index contributed by atoms with van der Waals surface area (Å²) in [6, 6.07) is 7.44. The van der Waals surface area contributed by atoms with E-state index in [0.717, 1.165) is 24.8 Å². The normalized spacial score (nSPS) is 12.8. The molecule has 0 amide bonds. The van der Waals surface area contributed by atoms with E-state index in [1.165, 1.54) is 11.3 Å². The Balaban J connectivity index is 2.42. The molecule has 1 unspecified atom stereocenters. The Morgan fingerprint density at radius 1 is 1.29 bits per heavy atom. The van der Waals surface area contributed by atoms with Gasteiger partial charge in [0.1, 0.15) is 0 Å². The van der Waals surface area contributed by atoms with Crippen LogP contribution in [0.4, 0.5) is 0 Å². The molecule has 0 fully saturated rings. The molecule has 1 aromatic carbocycles. The number of benzene rings is 1. The van der Waals surface area contributed by atoms with E-state index < -0.39 is 0 Å². The van der Waals surface area contributed by atoms with Crippen LogP contribution < -0.4 is 5.73 Å². The molecule has 0 aliphatic heterocycles. The summed E-state index contributed by atoms with van der Waals surface area (Å²) in [7, 11) is 0. The maximum atomic E-state index is 6.21. The molecule has 90 valence electrons. The van der Waals surface area contributed by atoms with Crippen LogP contribution in [0.15, 0.2) is 28.7 Å². The Morgan fingerprint density at radius 2 is 2.00 bits per heavy atom. The Labute approximate surface area is 123 Å². The van der Waals surface area contributed by atoms with Crippen molar-refractivity contribution in [2.45, 2.75) is 13.0 Å². The summed E-state index contributed by atoms with van der Waals surface area (Å²) in [6.07, 6.45) is 0. The molecule has 0 aliphatic rings. The maximum absolute atomic E-state index is 6.21. The zero-order chi connectivity index (χ0) is 12.6. The SMILES string of the molecule is Cc1cc(C(N)c2cc(Br)ccc2Cl)sc1Cl. The van der Waals surface area contributed by atoms with E-state index in [9.17, 15) is 0 Å². The van der Waals surface area contributed by atoms with Gasteiger partial charge in [-0.15, -0.1) is 11.3 Å². The van der Waals surface area contributed by atoms with Gasteiger partial charge >= 0.3 is 0 Å². The fraction of sp³-hybridized carbons (Fsp3) is 0.167. The van der Waals surface area contributed by atoms with Crippen molar-refractivity contribution < 1.29 is 0 Å². The third-order valence-corrected chi connectivity index (χ3v) is 4.95. The van der Waals surface area contributed by atoms with E-state index in [-0.39, 0.29) is 6.04 Å². The van der Waals surface area contributed by atoms with Gasteiger partial charge in [-0.1, -0.05) is 39.1 Å². The van der Waals surface area contributed by atoms with E-state index in [2.05, 4.69) is 15.9 Å². The second-order valence-electron chi connectivity index (χ2n) is 3.75. The van der Waals surface area contributed by atoms with Gasteiger partial charge in [-0.05, 0) is 42.3 Å². The van der Waals surface area contributed by atoms with Gasteiger partial charge in [0, 0.05) is 14.4 Å². The van der Waals surface area contributed by atoms with E-state index in [1.807, 2.05) is 31.2 Å². The first-order chi connectivity index (χ1) is 7.99. The lowest BCUT2D eigenvalue weighted by Crippen LogP contribution is -2.10. The standard InChI is InChI=1S/C12H10BrCl2NS/c1-6-4-10(17-12(6)15)11(16)8-5-7(13)2-3-9(8)14/h2-5,11H,16H2,1H3. The van der Waals surface area contributed by atoms with E-state index >= 15 is 0 Å². The summed E-state index contributed by atoms with van der Waals surface area (Å²) < 4.78 is 1.74. The third-order valence-electron chi connectivity index (χ3n) is 2.48. The highest BCUT2D eigenvalue weighted by Gasteiger charge is 2.16. The molecule has 2 N–H and O–H groups in total. The molecule has 5 heteroatoms. The summed E-state index contributed by atoms with van der Waals surface area (Å²) in [5.74, 6) is 0. The van der Waals surface area contributed by atoms with Crippen molar-refractivity contribution >= 4 is 50.5 Å². The molecular formula is C12H10BrCl2NS. The van der Waals surface area contributed by atoms with Gasteiger partial charge in [0.15, 0.2) is 0 Å². The zero-order valence-corrected chi connectivity index (χ0v) is 12.9. The van der Waals surface area contributed by atoms with Gasteiger partial charge in [0.2, 0.25) is 0 Å². The van der Waals surface area contributed by atoms with Crippen LogP contribution in [0.25, 0.3) is 0 Å². The molecule has 0 spiro atoms. The quantitative estimate of drug-likeness (QED) is 0.793. The predicted molar refractivity (Wildman–Crippen MR) is 79.2 cm³/mol. The molecule has 0 radical (unpaired) electrons. The first-order valence-corrected chi connectivity index (χ1v) is 7.32. The summed E-state index contributed by atoms with van der Waals surface area (Å²) in [4.78, 5) is 1.02. The van der Waals surface area contributed by atoms with E-state index in [4.69, 9.17) is 28.9 Å². The van der Waals surface area contributed by atoms with Crippen LogP contribution in [0, 0.1) is 6.92 Å². The van der Waals surface area contributed by atoms with Crippen molar-refractivity contribution in [2.75, 3.05) is 0 Å². The molecule has 0 saturated heterocycles. The molecule has 17 heavy (non-hydrogen) atoms. The number of nitrogens with two attached hydrogens (primary N) is 1. The van der Waals surface area contributed by atoms with Crippen LogP contribution in [0.5, 0.6) is 0 Å². The molecule has 0 bridgehead atoms. The second-order valence-corrected chi connectivity index (χ2v) is 6.76. The third kappa shape index (κ3) is 2.85. The Kier molecular flexibility index (Phi) is 4.16. The fourth-order valence-corrected chi connectivity index (χ4v) is 3.40. The van der Waals surface area contributed by atoms with Crippen molar-refractivity contribution in [1.82, 2.24) is 0 Å². The highest BCUT2D eigenvalue weighted by Crippen LogP contribution is 2.35.